The zero-order valence-electron chi connectivity index (χ0n) is 14.7. The van der Waals surface area contributed by atoms with Gasteiger partial charge in [0.1, 0.15) is 0 Å². The molecule has 1 aromatic rings. The first-order valence-corrected chi connectivity index (χ1v) is 8.29. The Balaban J connectivity index is 0.00000312. The van der Waals surface area contributed by atoms with Gasteiger partial charge < -0.3 is 10.6 Å². The fourth-order valence-electron chi connectivity index (χ4n) is 2.85. The highest BCUT2D eigenvalue weighted by molar-refractivity contribution is 5.85. The number of amides is 1. The topological polar surface area (TPSA) is 46.3 Å². The van der Waals surface area contributed by atoms with Crippen LogP contribution in [0.2, 0.25) is 0 Å². The molecular formula is C18H26ClF3N2O. The van der Waals surface area contributed by atoms with E-state index in [9.17, 15) is 18.0 Å². The summed E-state index contributed by atoms with van der Waals surface area (Å²) in [4.78, 5) is 14.1. The molecule has 25 heavy (non-hydrogen) atoms. The van der Waals surface area contributed by atoms with E-state index in [4.69, 9.17) is 5.73 Å². The predicted octanol–water partition coefficient (Wildman–Crippen LogP) is 4.06. The molecular weight excluding hydrogens is 353 g/mol. The van der Waals surface area contributed by atoms with E-state index in [1.54, 1.807) is 18.0 Å². The van der Waals surface area contributed by atoms with Crippen LogP contribution in [-0.2, 0) is 11.0 Å². The second-order valence-electron chi connectivity index (χ2n) is 7.03. The molecule has 1 fully saturated rings. The molecule has 0 aromatic heterocycles. The summed E-state index contributed by atoms with van der Waals surface area (Å²) in [6.07, 6.45) is -3.02. The van der Waals surface area contributed by atoms with Gasteiger partial charge in [-0.3, -0.25) is 4.79 Å². The Kier molecular flexibility index (Phi) is 7.32. The number of halogens is 4. The number of hydrogen-bond acceptors (Lipinski definition) is 2. The standard InChI is InChI=1S/C18H25F3N2O.ClH/c1-11(2)16(22)7-8-23(3)17(24)15-10-14(15)12-5-4-6-13(9-12)18(19,20)21;/h4-6,9,11,14-16H,7-8,10,22H2,1-3H3;1H. The molecule has 0 heterocycles. The summed E-state index contributed by atoms with van der Waals surface area (Å²) in [5.41, 5.74) is 5.92. The summed E-state index contributed by atoms with van der Waals surface area (Å²) in [6, 6.07) is 5.33. The molecule has 0 aliphatic heterocycles. The van der Waals surface area contributed by atoms with Crippen molar-refractivity contribution in [2.24, 2.45) is 17.6 Å². The van der Waals surface area contributed by atoms with Crippen LogP contribution < -0.4 is 5.73 Å². The molecule has 1 amide bonds. The van der Waals surface area contributed by atoms with Crippen LogP contribution >= 0.6 is 12.4 Å². The molecule has 1 aromatic carbocycles. The zero-order chi connectivity index (χ0) is 18.1. The number of nitrogens with zero attached hydrogens (tertiary/aromatic N) is 1. The quantitative estimate of drug-likeness (QED) is 0.811. The number of nitrogens with two attached hydrogens (primary N) is 1. The smallest absolute Gasteiger partial charge is 0.345 e. The lowest BCUT2D eigenvalue weighted by atomic mass is 10.0. The van der Waals surface area contributed by atoms with Gasteiger partial charge in [-0.15, -0.1) is 12.4 Å². The van der Waals surface area contributed by atoms with Gasteiger partial charge in [0.2, 0.25) is 5.91 Å². The molecule has 0 bridgehead atoms. The number of hydrogen-bond donors (Lipinski definition) is 1. The Labute approximate surface area is 153 Å². The van der Waals surface area contributed by atoms with Gasteiger partial charge in [-0.05, 0) is 36.3 Å². The lowest BCUT2D eigenvalue weighted by molar-refractivity contribution is -0.137. The molecule has 3 atom stereocenters. The number of carbonyl (C=O) groups excluding carboxylic acids is 1. The first-order chi connectivity index (χ1) is 11.1. The Morgan fingerprint density at radius 1 is 1.36 bits per heavy atom. The molecule has 7 heteroatoms. The van der Waals surface area contributed by atoms with Gasteiger partial charge in [-0.2, -0.15) is 13.2 Å². The lowest BCUT2D eigenvalue weighted by Crippen LogP contribution is -2.35. The largest absolute Gasteiger partial charge is 0.416 e. The maximum Gasteiger partial charge on any atom is 0.416 e. The van der Waals surface area contributed by atoms with E-state index in [0.717, 1.165) is 18.6 Å². The van der Waals surface area contributed by atoms with Crippen molar-refractivity contribution in [1.29, 1.82) is 0 Å². The number of alkyl halides is 3. The summed E-state index contributed by atoms with van der Waals surface area (Å²) in [5, 5.41) is 0. The third-order valence-corrected chi connectivity index (χ3v) is 4.78. The van der Waals surface area contributed by atoms with Crippen LogP contribution in [0, 0.1) is 11.8 Å². The Bertz CT molecular complexity index is 592. The molecule has 0 saturated heterocycles. The van der Waals surface area contributed by atoms with Crippen molar-refractivity contribution in [2.45, 2.75) is 44.8 Å². The molecule has 2 N–H and O–H groups in total. The Morgan fingerprint density at radius 3 is 2.56 bits per heavy atom. The van der Waals surface area contributed by atoms with E-state index < -0.39 is 11.7 Å². The minimum atomic E-state index is -4.35. The van der Waals surface area contributed by atoms with Crippen molar-refractivity contribution in [1.82, 2.24) is 4.90 Å². The van der Waals surface area contributed by atoms with E-state index in [2.05, 4.69) is 0 Å². The summed E-state index contributed by atoms with van der Waals surface area (Å²) >= 11 is 0. The maximum absolute atomic E-state index is 12.8. The van der Waals surface area contributed by atoms with Gasteiger partial charge in [0.15, 0.2) is 0 Å². The number of rotatable bonds is 6. The second-order valence-corrected chi connectivity index (χ2v) is 7.03. The van der Waals surface area contributed by atoms with E-state index in [1.165, 1.54) is 6.07 Å². The highest BCUT2D eigenvalue weighted by atomic mass is 35.5. The molecule has 142 valence electrons. The van der Waals surface area contributed by atoms with Crippen molar-refractivity contribution in [3.8, 4) is 0 Å². The molecule has 1 aliphatic rings. The Hall–Kier alpha value is -1.27. The van der Waals surface area contributed by atoms with Crippen molar-refractivity contribution in [3.63, 3.8) is 0 Å². The monoisotopic (exact) mass is 378 g/mol. The van der Waals surface area contributed by atoms with E-state index in [0.29, 0.717) is 24.4 Å². The van der Waals surface area contributed by atoms with Crippen LogP contribution in [0.1, 0.15) is 43.7 Å². The average Bonchev–Trinajstić information content (AvgIpc) is 3.31. The third-order valence-electron chi connectivity index (χ3n) is 4.78. The van der Waals surface area contributed by atoms with Gasteiger partial charge in [0.05, 0.1) is 5.56 Å². The van der Waals surface area contributed by atoms with Crippen LogP contribution in [0.3, 0.4) is 0 Å². The van der Waals surface area contributed by atoms with Crippen LogP contribution in [0.25, 0.3) is 0 Å². The van der Waals surface area contributed by atoms with Gasteiger partial charge in [-0.1, -0.05) is 32.0 Å². The molecule has 1 saturated carbocycles. The third kappa shape index (κ3) is 5.61. The van der Waals surface area contributed by atoms with E-state index >= 15 is 0 Å². The predicted molar refractivity (Wildman–Crippen MR) is 94.6 cm³/mol. The number of carbonyl (C=O) groups is 1. The average molecular weight is 379 g/mol. The molecule has 3 unspecified atom stereocenters. The van der Waals surface area contributed by atoms with E-state index in [1.807, 2.05) is 13.8 Å². The zero-order valence-corrected chi connectivity index (χ0v) is 15.5. The second kappa shape index (κ2) is 8.41. The fraction of sp³-hybridized carbons (Fsp3) is 0.611. The summed E-state index contributed by atoms with van der Waals surface area (Å²) in [5.74, 6) is 0.0235. The summed E-state index contributed by atoms with van der Waals surface area (Å²) in [6.45, 7) is 4.65. The molecule has 0 spiro atoms. The highest BCUT2D eigenvalue weighted by Crippen LogP contribution is 2.49. The maximum atomic E-state index is 12.8. The SMILES string of the molecule is CC(C)C(N)CCN(C)C(=O)C1CC1c1cccc(C(F)(F)F)c1.Cl. The van der Waals surface area contributed by atoms with Crippen LogP contribution in [0.4, 0.5) is 13.2 Å². The lowest BCUT2D eigenvalue weighted by Gasteiger charge is -2.21. The van der Waals surface area contributed by atoms with Crippen molar-refractivity contribution in [3.05, 3.63) is 35.4 Å². The van der Waals surface area contributed by atoms with Gasteiger partial charge in [-0.25, -0.2) is 0 Å². The molecule has 2 rings (SSSR count). The van der Waals surface area contributed by atoms with Crippen molar-refractivity contribution < 1.29 is 18.0 Å². The first-order valence-electron chi connectivity index (χ1n) is 8.29. The van der Waals surface area contributed by atoms with Crippen LogP contribution in [-0.4, -0.2) is 30.4 Å². The Morgan fingerprint density at radius 2 is 2.00 bits per heavy atom. The fourth-order valence-corrected chi connectivity index (χ4v) is 2.85. The van der Waals surface area contributed by atoms with Crippen LogP contribution in [0.15, 0.2) is 24.3 Å². The minimum Gasteiger partial charge on any atom is -0.345 e. The van der Waals surface area contributed by atoms with Crippen molar-refractivity contribution in [2.75, 3.05) is 13.6 Å². The van der Waals surface area contributed by atoms with Crippen LogP contribution in [0.5, 0.6) is 0 Å². The van der Waals surface area contributed by atoms with Gasteiger partial charge in [0.25, 0.3) is 0 Å². The molecule has 3 nitrogen and oxygen atoms in total. The normalized spacial score (nSPS) is 20.8. The first kappa shape index (κ1) is 21.8. The summed E-state index contributed by atoms with van der Waals surface area (Å²) in [7, 11) is 1.73. The highest BCUT2D eigenvalue weighted by Gasteiger charge is 2.45. The van der Waals surface area contributed by atoms with Gasteiger partial charge >= 0.3 is 6.18 Å². The summed E-state index contributed by atoms with van der Waals surface area (Å²) < 4.78 is 38.4. The molecule has 0 radical (unpaired) electrons. The number of benzene rings is 1. The minimum absolute atomic E-state index is 0. The van der Waals surface area contributed by atoms with Gasteiger partial charge in [0, 0.05) is 25.6 Å². The van der Waals surface area contributed by atoms with Crippen molar-refractivity contribution >= 4 is 18.3 Å². The van der Waals surface area contributed by atoms with E-state index in [-0.39, 0.29) is 36.2 Å². The molecule has 1 aliphatic carbocycles.